The summed E-state index contributed by atoms with van der Waals surface area (Å²) in [6.45, 7) is 4.14. The zero-order valence-electron chi connectivity index (χ0n) is 18.6. The minimum atomic E-state index is -0.0150. The second-order valence-corrected chi connectivity index (χ2v) is 9.20. The van der Waals surface area contributed by atoms with Gasteiger partial charge in [-0.1, -0.05) is 18.2 Å². The minimum absolute atomic E-state index is 0.0150. The number of aryl methyl sites for hydroxylation is 1. The van der Waals surface area contributed by atoms with Gasteiger partial charge in [-0.2, -0.15) is 0 Å². The third kappa shape index (κ3) is 4.47. The number of hydrogen-bond donors (Lipinski definition) is 0. The van der Waals surface area contributed by atoms with Gasteiger partial charge in [-0.15, -0.1) is 0 Å². The number of piperidine rings is 1. The van der Waals surface area contributed by atoms with E-state index in [1.165, 1.54) is 12.8 Å². The first-order valence-corrected chi connectivity index (χ1v) is 11.7. The fourth-order valence-electron chi connectivity index (χ4n) is 4.70. The Labute approximate surface area is 188 Å². The molecule has 0 bridgehead atoms. The Bertz CT molecular complexity index is 1010. The van der Waals surface area contributed by atoms with Crippen molar-refractivity contribution in [2.45, 2.75) is 51.4 Å². The number of likely N-dealkylation sites (tertiary alicyclic amines) is 1. The molecule has 5 rings (SSSR count). The molecule has 1 aliphatic carbocycles. The number of carbonyl (C=O) groups is 2. The molecule has 3 aliphatic rings. The molecule has 2 fully saturated rings. The van der Waals surface area contributed by atoms with Gasteiger partial charge in [-0.25, -0.2) is 9.97 Å². The van der Waals surface area contributed by atoms with E-state index >= 15 is 0 Å². The summed E-state index contributed by atoms with van der Waals surface area (Å²) < 4.78 is 5.66. The second-order valence-electron chi connectivity index (χ2n) is 9.20. The summed E-state index contributed by atoms with van der Waals surface area (Å²) in [5.74, 6) is 3.11. The van der Waals surface area contributed by atoms with Crippen LogP contribution in [0.1, 0.15) is 55.1 Å². The lowest BCUT2D eigenvalue weighted by molar-refractivity contribution is -0.134. The van der Waals surface area contributed by atoms with Gasteiger partial charge in [0, 0.05) is 43.2 Å². The third-order valence-corrected chi connectivity index (χ3v) is 6.74. The molecular weight excluding hydrogens is 404 g/mol. The number of anilines is 1. The van der Waals surface area contributed by atoms with E-state index in [4.69, 9.17) is 14.7 Å². The number of benzene rings is 1. The molecule has 0 radical (unpaired) electrons. The molecule has 32 heavy (non-hydrogen) atoms. The molecule has 2 aliphatic heterocycles. The van der Waals surface area contributed by atoms with Crippen LogP contribution in [0.4, 0.5) is 5.82 Å². The van der Waals surface area contributed by atoms with Crippen LogP contribution in [-0.4, -0.2) is 52.9 Å². The Kier molecular flexibility index (Phi) is 5.81. The monoisotopic (exact) mass is 434 g/mol. The Morgan fingerprint density at radius 2 is 1.94 bits per heavy atom. The number of para-hydroxylation sites is 1. The van der Waals surface area contributed by atoms with Gasteiger partial charge in [0.2, 0.25) is 5.91 Å². The SMILES string of the molecule is Cc1nc(C2CCCN(C(=O)COc3ccccc3)C2)nc2c1CCC(=O)N2CC1CC1. The lowest BCUT2D eigenvalue weighted by atomic mass is 9.96. The zero-order valence-corrected chi connectivity index (χ0v) is 18.6. The van der Waals surface area contributed by atoms with Gasteiger partial charge in [0.25, 0.3) is 5.91 Å². The fraction of sp³-hybridized carbons (Fsp3) is 0.520. The van der Waals surface area contributed by atoms with Crippen molar-refractivity contribution in [2.75, 3.05) is 31.1 Å². The standard InChI is InChI=1S/C25H30N4O3/c1-17-21-11-12-22(30)29(14-18-9-10-18)25(21)27-24(26-17)19-6-5-13-28(15-19)23(31)16-32-20-7-3-2-4-8-20/h2-4,7-8,18-19H,5-6,9-16H2,1H3. The Balaban J connectivity index is 1.31. The molecule has 7 nitrogen and oxygen atoms in total. The lowest BCUT2D eigenvalue weighted by Gasteiger charge is -2.34. The maximum atomic E-state index is 12.8. The number of amides is 2. The van der Waals surface area contributed by atoms with E-state index in [-0.39, 0.29) is 24.3 Å². The molecule has 7 heteroatoms. The smallest absolute Gasteiger partial charge is 0.260 e. The van der Waals surface area contributed by atoms with Crippen molar-refractivity contribution in [3.63, 3.8) is 0 Å². The molecule has 1 saturated carbocycles. The maximum absolute atomic E-state index is 12.8. The molecule has 0 N–H and O–H groups in total. The quantitative estimate of drug-likeness (QED) is 0.698. The summed E-state index contributed by atoms with van der Waals surface area (Å²) in [6, 6.07) is 9.41. The van der Waals surface area contributed by atoms with Gasteiger partial charge < -0.3 is 9.64 Å². The van der Waals surface area contributed by atoms with Crippen LogP contribution in [0.3, 0.4) is 0 Å². The van der Waals surface area contributed by atoms with Crippen molar-refractivity contribution < 1.29 is 14.3 Å². The first kappa shape index (κ1) is 20.9. The minimum Gasteiger partial charge on any atom is -0.484 e. The molecule has 1 unspecified atom stereocenters. The van der Waals surface area contributed by atoms with Crippen LogP contribution in [0.2, 0.25) is 0 Å². The molecule has 168 valence electrons. The third-order valence-electron chi connectivity index (χ3n) is 6.74. The number of aromatic nitrogens is 2. The number of ether oxygens (including phenoxy) is 1. The van der Waals surface area contributed by atoms with Crippen LogP contribution >= 0.6 is 0 Å². The van der Waals surface area contributed by atoms with E-state index in [0.29, 0.717) is 31.1 Å². The van der Waals surface area contributed by atoms with E-state index in [9.17, 15) is 9.59 Å². The average molecular weight is 435 g/mol. The topological polar surface area (TPSA) is 75.6 Å². The van der Waals surface area contributed by atoms with Crippen molar-refractivity contribution in [3.8, 4) is 5.75 Å². The fourth-order valence-corrected chi connectivity index (χ4v) is 4.70. The van der Waals surface area contributed by atoms with E-state index in [2.05, 4.69) is 0 Å². The van der Waals surface area contributed by atoms with Gasteiger partial charge in [-0.3, -0.25) is 14.5 Å². The van der Waals surface area contributed by atoms with E-state index in [0.717, 1.165) is 48.8 Å². The van der Waals surface area contributed by atoms with Crippen LogP contribution in [0.25, 0.3) is 0 Å². The van der Waals surface area contributed by atoms with Crippen molar-refractivity contribution in [3.05, 3.63) is 47.4 Å². The molecule has 1 saturated heterocycles. The number of carbonyl (C=O) groups excluding carboxylic acids is 2. The highest BCUT2D eigenvalue weighted by Crippen LogP contribution is 2.36. The van der Waals surface area contributed by atoms with Crippen molar-refractivity contribution in [1.29, 1.82) is 0 Å². The van der Waals surface area contributed by atoms with Crippen molar-refractivity contribution in [1.82, 2.24) is 14.9 Å². The largest absolute Gasteiger partial charge is 0.484 e. The highest BCUT2D eigenvalue weighted by molar-refractivity contribution is 5.95. The van der Waals surface area contributed by atoms with Gasteiger partial charge >= 0.3 is 0 Å². The first-order chi connectivity index (χ1) is 15.6. The molecule has 1 aromatic carbocycles. The Hall–Kier alpha value is -2.96. The van der Waals surface area contributed by atoms with Crippen LogP contribution in [0, 0.1) is 12.8 Å². The zero-order chi connectivity index (χ0) is 22.1. The summed E-state index contributed by atoms with van der Waals surface area (Å²) >= 11 is 0. The average Bonchev–Trinajstić information content (AvgIpc) is 3.64. The van der Waals surface area contributed by atoms with Crippen molar-refractivity contribution in [2.24, 2.45) is 5.92 Å². The van der Waals surface area contributed by atoms with Crippen LogP contribution < -0.4 is 9.64 Å². The first-order valence-electron chi connectivity index (χ1n) is 11.7. The summed E-state index contributed by atoms with van der Waals surface area (Å²) in [7, 11) is 0. The molecule has 2 aromatic rings. The molecule has 0 spiro atoms. The van der Waals surface area contributed by atoms with E-state index < -0.39 is 0 Å². The normalized spacial score (nSPS) is 20.8. The number of fused-ring (bicyclic) bond motifs is 1. The molecule has 1 atom stereocenters. The number of rotatable bonds is 6. The molecule has 1 aromatic heterocycles. The Morgan fingerprint density at radius 1 is 1.12 bits per heavy atom. The predicted molar refractivity (Wildman–Crippen MR) is 121 cm³/mol. The number of nitrogens with zero attached hydrogens (tertiary/aromatic N) is 4. The van der Waals surface area contributed by atoms with Crippen LogP contribution in [0.15, 0.2) is 30.3 Å². The highest BCUT2D eigenvalue weighted by atomic mass is 16.5. The van der Waals surface area contributed by atoms with Gasteiger partial charge in [0.05, 0.1) is 0 Å². The Morgan fingerprint density at radius 3 is 2.72 bits per heavy atom. The van der Waals surface area contributed by atoms with E-state index in [1.54, 1.807) is 0 Å². The summed E-state index contributed by atoms with van der Waals surface area (Å²) in [6.07, 6.45) is 5.50. The van der Waals surface area contributed by atoms with Crippen LogP contribution in [0.5, 0.6) is 5.75 Å². The van der Waals surface area contributed by atoms with Gasteiger partial charge in [-0.05, 0) is 57.1 Å². The van der Waals surface area contributed by atoms with Crippen molar-refractivity contribution >= 4 is 17.6 Å². The predicted octanol–water partition coefficient (Wildman–Crippen LogP) is 3.26. The highest BCUT2D eigenvalue weighted by Gasteiger charge is 2.34. The summed E-state index contributed by atoms with van der Waals surface area (Å²) in [5, 5.41) is 0. The van der Waals surface area contributed by atoms with E-state index in [1.807, 2.05) is 47.1 Å². The van der Waals surface area contributed by atoms with Gasteiger partial charge in [0.1, 0.15) is 17.4 Å². The summed E-state index contributed by atoms with van der Waals surface area (Å²) in [4.78, 5) is 38.9. The molecule has 3 heterocycles. The van der Waals surface area contributed by atoms with Crippen LogP contribution in [-0.2, 0) is 16.0 Å². The maximum Gasteiger partial charge on any atom is 0.260 e. The number of hydrogen-bond acceptors (Lipinski definition) is 5. The summed E-state index contributed by atoms with van der Waals surface area (Å²) in [5.41, 5.74) is 2.07. The van der Waals surface area contributed by atoms with Gasteiger partial charge in [0.15, 0.2) is 6.61 Å². The molecule has 2 amide bonds. The second kappa shape index (κ2) is 8.88. The lowest BCUT2D eigenvalue weighted by Crippen LogP contribution is -2.42. The molecular formula is C25H30N4O3.